The number of rotatable bonds is 5. The Morgan fingerprint density at radius 3 is 2.79 bits per heavy atom. The minimum atomic E-state index is -0.419. The van der Waals surface area contributed by atoms with Gasteiger partial charge in [-0.2, -0.15) is 0 Å². The van der Waals surface area contributed by atoms with E-state index in [0.717, 1.165) is 35.5 Å². The van der Waals surface area contributed by atoms with E-state index < -0.39 is 5.91 Å². The van der Waals surface area contributed by atoms with Gasteiger partial charge in [-0.25, -0.2) is 0 Å². The van der Waals surface area contributed by atoms with Gasteiger partial charge >= 0.3 is 0 Å². The number of hydrogen-bond donors (Lipinski definition) is 3. The lowest BCUT2D eigenvalue weighted by molar-refractivity contribution is 0.1000. The number of nitrogens with one attached hydrogen (secondary N) is 2. The predicted octanol–water partition coefficient (Wildman–Crippen LogP) is 3.11. The quantitative estimate of drug-likeness (QED) is 0.300. The van der Waals surface area contributed by atoms with Crippen molar-refractivity contribution in [3.8, 4) is 0 Å². The Morgan fingerprint density at radius 1 is 1.29 bits per heavy atom. The Hall–Kier alpha value is -1.81. The maximum atomic E-state index is 11.3. The van der Waals surface area contributed by atoms with Gasteiger partial charge in [-0.3, -0.25) is 9.79 Å². The van der Waals surface area contributed by atoms with E-state index >= 15 is 0 Å². The number of halogens is 2. The summed E-state index contributed by atoms with van der Waals surface area (Å²) in [5.41, 5.74) is 8.05. The Kier molecular flexibility index (Phi) is 8.56. The zero-order chi connectivity index (χ0) is 19.2. The fourth-order valence-corrected chi connectivity index (χ4v) is 3.75. The lowest BCUT2D eigenvalue weighted by Gasteiger charge is -2.21. The van der Waals surface area contributed by atoms with E-state index in [0.29, 0.717) is 18.2 Å². The first-order chi connectivity index (χ1) is 13.1. The highest BCUT2D eigenvalue weighted by atomic mass is 127. The second-order valence-electron chi connectivity index (χ2n) is 6.52. The van der Waals surface area contributed by atoms with Gasteiger partial charge in [-0.1, -0.05) is 24.3 Å². The number of nitrogens with zero attached hydrogens (tertiary/aromatic N) is 2. The minimum Gasteiger partial charge on any atom is -0.368 e. The van der Waals surface area contributed by atoms with E-state index in [4.69, 9.17) is 5.73 Å². The van der Waals surface area contributed by atoms with E-state index in [-0.39, 0.29) is 24.0 Å². The van der Waals surface area contributed by atoms with Gasteiger partial charge < -0.3 is 21.3 Å². The molecule has 2 aromatic rings. The molecule has 1 aliphatic heterocycles. The monoisotopic (exact) mass is 557 g/mol. The second kappa shape index (κ2) is 10.7. The molecular weight excluding hydrogens is 533 g/mol. The summed E-state index contributed by atoms with van der Waals surface area (Å²) in [6.45, 7) is 2.49. The molecule has 0 aromatic heterocycles. The third kappa shape index (κ3) is 5.84. The van der Waals surface area contributed by atoms with E-state index in [2.05, 4.69) is 54.7 Å². The summed E-state index contributed by atoms with van der Waals surface area (Å²) in [6.07, 6.45) is 1.04. The molecule has 0 spiro atoms. The first kappa shape index (κ1) is 22.5. The van der Waals surface area contributed by atoms with Crippen molar-refractivity contribution in [2.24, 2.45) is 10.7 Å². The average molecular weight is 558 g/mol. The summed E-state index contributed by atoms with van der Waals surface area (Å²) in [5.74, 6) is 0.330. The fourth-order valence-electron chi connectivity index (χ4n) is 3.21. The van der Waals surface area contributed by atoms with Crippen molar-refractivity contribution in [2.45, 2.75) is 19.0 Å². The molecule has 0 saturated carbocycles. The van der Waals surface area contributed by atoms with Gasteiger partial charge in [-0.15, -0.1) is 24.0 Å². The molecular formula is C20H25BrIN5O. The molecule has 1 atom stereocenters. The van der Waals surface area contributed by atoms with Crippen LogP contribution in [-0.4, -0.2) is 38.0 Å². The SMILES string of the molecule is CN=C(NCc1cccc(C(N)=O)c1)NC1CCN(c2ccccc2Br)C1.I. The number of carbonyl (C=O) groups excluding carboxylic acids is 1. The van der Waals surface area contributed by atoms with Crippen LogP contribution in [0.3, 0.4) is 0 Å². The van der Waals surface area contributed by atoms with Crippen molar-refractivity contribution in [3.05, 3.63) is 64.1 Å². The van der Waals surface area contributed by atoms with Crippen LogP contribution in [0.15, 0.2) is 58.0 Å². The summed E-state index contributed by atoms with van der Waals surface area (Å²) in [6, 6.07) is 15.9. The molecule has 1 saturated heterocycles. The van der Waals surface area contributed by atoms with Gasteiger partial charge in [0.2, 0.25) is 5.91 Å². The van der Waals surface area contributed by atoms with Crippen molar-refractivity contribution < 1.29 is 4.79 Å². The van der Waals surface area contributed by atoms with Crippen molar-refractivity contribution in [1.82, 2.24) is 10.6 Å². The van der Waals surface area contributed by atoms with Gasteiger partial charge in [0.25, 0.3) is 0 Å². The molecule has 6 nitrogen and oxygen atoms in total. The number of para-hydroxylation sites is 1. The van der Waals surface area contributed by atoms with Gasteiger partial charge in [0.15, 0.2) is 5.96 Å². The predicted molar refractivity (Wildman–Crippen MR) is 128 cm³/mol. The van der Waals surface area contributed by atoms with Gasteiger partial charge in [-0.05, 0) is 52.2 Å². The van der Waals surface area contributed by atoms with Crippen LogP contribution in [0.5, 0.6) is 0 Å². The lowest BCUT2D eigenvalue weighted by Crippen LogP contribution is -2.44. The summed E-state index contributed by atoms with van der Waals surface area (Å²) >= 11 is 3.63. The molecule has 1 fully saturated rings. The molecule has 8 heteroatoms. The van der Waals surface area contributed by atoms with E-state index in [1.807, 2.05) is 18.2 Å². The van der Waals surface area contributed by atoms with Crippen molar-refractivity contribution in [2.75, 3.05) is 25.0 Å². The molecule has 28 heavy (non-hydrogen) atoms. The lowest BCUT2D eigenvalue weighted by atomic mass is 10.1. The van der Waals surface area contributed by atoms with Crippen LogP contribution < -0.4 is 21.3 Å². The summed E-state index contributed by atoms with van der Waals surface area (Å²) < 4.78 is 1.11. The topological polar surface area (TPSA) is 82.7 Å². The normalized spacial score (nSPS) is 16.4. The maximum absolute atomic E-state index is 11.3. The van der Waals surface area contributed by atoms with Crippen molar-refractivity contribution in [1.29, 1.82) is 0 Å². The zero-order valence-corrected chi connectivity index (χ0v) is 19.6. The second-order valence-corrected chi connectivity index (χ2v) is 7.37. The highest BCUT2D eigenvalue weighted by Crippen LogP contribution is 2.28. The molecule has 0 bridgehead atoms. The molecule has 4 N–H and O–H groups in total. The number of nitrogens with two attached hydrogens (primary N) is 1. The number of anilines is 1. The highest BCUT2D eigenvalue weighted by molar-refractivity contribution is 14.0. The molecule has 1 heterocycles. The maximum Gasteiger partial charge on any atom is 0.248 e. The first-order valence-corrected chi connectivity index (χ1v) is 9.71. The van der Waals surface area contributed by atoms with Crippen LogP contribution in [0, 0.1) is 0 Å². The van der Waals surface area contributed by atoms with E-state index in [9.17, 15) is 4.79 Å². The number of primary amides is 1. The number of aliphatic imine (C=N–C) groups is 1. The first-order valence-electron chi connectivity index (χ1n) is 8.92. The number of hydrogen-bond acceptors (Lipinski definition) is 3. The third-order valence-electron chi connectivity index (χ3n) is 4.62. The Morgan fingerprint density at radius 2 is 2.07 bits per heavy atom. The van der Waals surface area contributed by atoms with Crippen molar-refractivity contribution >= 4 is 57.5 Å². The van der Waals surface area contributed by atoms with Crippen LogP contribution in [0.2, 0.25) is 0 Å². The molecule has 1 aliphatic rings. The summed E-state index contributed by atoms with van der Waals surface area (Å²) in [5, 5.41) is 6.79. The average Bonchev–Trinajstić information content (AvgIpc) is 3.14. The Labute approximate surface area is 191 Å². The van der Waals surface area contributed by atoms with Gasteiger partial charge in [0.05, 0.1) is 5.69 Å². The standard InChI is InChI=1S/C20H24BrN5O.HI/c1-23-20(24-12-14-5-4-6-15(11-14)19(22)27)25-16-9-10-26(13-16)18-8-3-2-7-17(18)21;/h2-8,11,16H,9-10,12-13H2,1H3,(H2,22,27)(H2,23,24,25);1H. The molecule has 1 amide bonds. The minimum absolute atomic E-state index is 0. The van der Waals surface area contributed by atoms with E-state index in [1.165, 1.54) is 5.69 Å². The molecule has 3 rings (SSSR count). The molecule has 0 radical (unpaired) electrons. The Balaban J connectivity index is 0.00000280. The van der Waals surface area contributed by atoms with Crippen LogP contribution in [0.1, 0.15) is 22.3 Å². The number of amides is 1. The van der Waals surface area contributed by atoms with Gasteiger partial charge in [0, 0.05) is 42.8 Å². The van der Waals surface area contributed by atoms with E-state index in [1.54, 1.807) is 19.2 Å². The van der Waals surface area contributed by atoms with Crippen LogP contribution in [0.4, 0.5) is 5.69 Å². The third-order valence-corrected chi connectivity index (χ3v) is 5.29. The molecule has 1 unspecified atom stereocenters. The van der Waals surface area contributed by atoms with Crippen molar-refractivity contribution in [3.63, 3.8) is 0 Å². The largest absolute Gasteiger partial charge is 0.368 e. The fraction of sp³-hybridized carbons (Fsp3) is 0.300. The van der Waals surface area contributed by atoms with Crippen LogP contribution in [0.25, 0.3) is 0 Å². The smallest absolute Gasteiger partial charge is 0.248 e. The van der Waals surface area contributed by atoms with Crippen LogP contribution >= 0.6 is 39.9 Å². The number of carbonyl (C=O) groups is 1. The summed E-state index contributed by atoms with van der Waals surface area (Å²) in [4.78, 5) is 18.0. The number of guanidine groups is 1. The molecule has 2 aromatic carbocycles. The number of benzene rings is 2. The van der Waals surface area contributed by atoms with Gasteiger partial charge in [0.1, 0.15) is 0 Å². The molecule has 0 aliphatic carbocycles. The Bertz CT molecular complexity index is 845. The highest BCUT2D eigenvalue weighted by Gasteiger charge is 2.24. The zero-order valence-electron chi connectivity index (χ0n) is 15.7. The van der Waals surface area contributed by atoms with Crippen LogP contribution in [-0.2, 0) is 6.54 Å². The summed E-state index contributed by atoms with van der Waals surface area (Å²) in [7, 11) is 1.76. The molecule has 150 valence electrons.